The number of rotatable bonds is 3. The number of amides is 1. The first-order valence-corrected chi connectivity index (χ1v) is 6.44. The van der Waals surface area contributed by atoms with Crippen LogP contribution < -0.4 is 5.32 Å². The Bertz CT molecular complexity index is 688. The Kier molecular flexibility index (Phi) is 4.09. The van der Waals surface area contributed by atoms with E-state index in [2.05, 4.69) is 26.2 Å². The molecule has 6 nitrogen and oxygen atoms in total. The number of benzene rings is 1. The van der Waals surface area contributed by atoms with Crippen LogP contribution in [0.25, 0.3) is 0 Å². The van der Waals surface area contributed by atoms with E-state index in [1.807, 2.05) is 6.07 Å². The number of aromatic nitrogens is 1. The van der Waals surface area contributed by atoms with Gasteiger partial charge in [0.2, 0.25) is 0 Å². The molecule has 2 rings (SSSR count). The molecule has 0 radical (unpaired) electrons. The fourth-order valence-corrected chi connectivity index (χ4v) is 2.03. The van der Waals surface area contributed by atoms with E-state index in [0.717, 1.165) is 10.7 Å². The van der Waals surface area contributed by atoms with Gasteiger partial charge in [0.15, 0.2) is 0 Å². The number of carbonyl (C=O) groups excluding carboxylic acids is 1. The van der Waals surface area contributed by atoms with Gasteiger partial charge in [-0.25, -0.2) is 4.98 Å². The fraction of sp³-hybridized carbons (Fsp3) is 0.0769. The molecule has 0 fully saturated rings. The van der Waals surface area contributed by atoms with Gasteiger partial charge in [0.05, 0.1) is 4.92 Å². The molecular formula is C13H10BrN3O3. The highest BCUT2D eigenvalue weighted by Gasteiger charge is 2.13. The van der Waals surface area contributed by atoms with Crippen LogP contribution in [0.4, 0.5) is 11.5 Å². The molecule has 0 aliphatic heterocycles. The molecule has 0 saturated carbocycles. The monoisotopic (exact) mass is 335 g/mol. The van der Waals surface area contributed by atoms with Crippen molar-refractivity contribution in [3.63, 3.8) is 0 Å². The first kappa shape index (κ1) is 14.1. The molecule has 0 aliphatic rings. The third-order valence-electron chi connectivity index (χ3n) is 2.61. The SMILES string of the molecule is Cc1cc(NC(=O)c2cccc(Br)c2)ncc1[N+](=O)[O-]. The molecule has 1 aromatic carbocycles. The Hall–Kier alpha value is -2.28. The van der Waals surface area contributed by atoms with Crippen molar-refractivity contribution in [2.75, 3.05) is 5.32 Å². The lowest BCUT2D eigenvalue weighted by atomic mass is 10.2. The molecule has 1 N–H and O–H groups in total. The first-order chi connectivity index (χ1) is 9.47. The summed E-state index contributed by atoms with van der Waals surface area (Å²) >= 11 is 3.28. The smallest absolute Gasteiger partial charge is 0.290 e. The van der Waals surface area contributed by atoms with E-state index in [0.29, 0.717) is 11.1 Å². The van der Waals surface area contributed by atoms with E-state index in [4.69, 9.17) is 0 Å². The quantitative estimate of drug-likeness (QED) is 0.688. The number of carbonyl (C=O) groups is 1. The molecule has 0 bridgehead atoms. The zero-order valence-corrected chi connectivity index (χ0v) is 12.0. The van der Waals surface area contributed by atoms with Gasteiger partial charge in [0.1, 0.15) is 12.0 Å². The van der Waals surface area contributed by atoms with Crippen LogP contribution in [0, 0.1) is 17.0 Å². The maximum Gasteiger partial charge on any atom is 0.290 e. The van der Waals surface area contributed by atoms with E-state index < -0.39 is 4.92 Å². The second-order valence-electron chi connectivity index (χ2n) is 4.08. The van der Waals surface area contributed by atoms with Gasteiger partial charge in [0.25, 0.3) is 11.6 Å². The van der Waals surface area contributed by atoms with Crippen LogP contribution in [0.2, 0.25) is 0 Å². The first-order valence-electron chi connectivity index (χ1n) is 5.65. The Balaban J connectivity index is 2.20. The third kappa shape index (κ3) is 3.18. The number of pyridine rings is 1. The molecule has 20 heavy (non-hydrogen) atoms. The van der Waals surface area contributed by atoms with Crippen molar-refractivity contribution in [2.24, 2.45) is 0 Å². The van der Waals surface area contributed by atoms with E-state index in [1.165, 1.54) is 6.07 Å². The second kappa shape index (κ2) is 5.79. The summed E-state index contributed by atoms with van der Waals surface area (Å²) in [6, 6.07) is 8.36. The molecule has 7 heteroatoms. The summed E-state index contributed by atoms with van der Waals surface area (Å²) in [5.74, 6) is -0.0508. The predicted molar refractivity (Wildman–Crippen MR) is 77.7 cm³/mol. The van der Waals surface area contributed by atoms with Crippen LogP contribution in [-0.4, -0.2) is 15.8 Å². The number of nitrogens with zero attached hydrogens (tertiary/aromatic N) is 2. The zero-order chi connectivity index (χ0) is 14.7. The van der Waals surface area contributed by atoms with Gasteiger partial charge in [-0.3, -0.25) is 14.9 Å². The number of nitro groups is 1. The number of nitrogens with one attached hydrogen (secondary N) is 1. The Labute approximate surface area is 123 Å². The molecule has 0 unspecified atom stereocenters. The Morgan fingerprint density at radius 2 is 2.15 bits per heavy atom. The van der Waals surface area contributed by atoms with Gasteiger partial charge in [0, 0.05) is 15.6 Å². The van der Waals surface area contributed by atoms with Crippen LogP contribution in [0.5, 0.6) is 0 Å². The standard InChI is InChI=1S/C13H10BrN3O3/c1-8-5-12(15-7-11(8)17(19)20)16-13(18)9-3-2-4-10(14)6-9/h2-7H,1H3,(H,15,16,18). The number of anilines is 1. The van der Waals surface area contributed by atoms with Gasteiger partial charge >= 0.3 is 0 Å². The van der Waals surface area contributed by atoms with E-state index in [1.54, 1.807) is 25.1 Å². The predicted octanol–water partition coefficient (Wildman–Crippen LogP) is 3.31. The minimum absolute atomic E-state index is 0.0783. The van der Waals surface area contributed by atoms with Gasteiger partial charge < -0.3 is 5.32 Å². The summed E-state index contributed by atoms with van der Waals surface area (Å²) in [6.07, 6.45) is 1.13. The highest BCUT2D eigenvalue weighted by Crippen LogP contribution is 2.19. The van der Waals surface area contributed by atoms with E-state index >= 15 is 0 Å². The van der Waals surface area contributed by atoms with Gasteiger partial charge in [-0.2, -0.15) is 0 Å². The minimum Gasteiger partial charge on any atom is -0.307 e. The third-order valence-corrected chi connectivity index (χ3v) is 3.10. The molecule has 1 aromatic heterocycles. The van der Waals surface area contributed by atoms with Crippen LogP contribution in [0.15, 0.2) is 41.0 Å². The molecular weight excluding hydrogens is 326 g/mol. The number of hydrogen-bond donors (Lipinski definition) is 1. The summed E-state index contributed by atoms with van der Waals surface area (Å²) in [6.45, 7) is 1.59. The lowest BCUT2D eigenvalue weighted by Gasteiger charge is -2.05. The molecule has 0 atom stereocenters. The Morgan fingerprint density at radius 1 is 1.40 bits per heavy atom. The Morgan fingerprint density at radius 3 is 2.75 bits per heavy atom. The second-order valence-corrected chi connectivity index (χ2v) is 4.99. The normalized spacial score (nSPS) is 10.1. The number of halogens is 1. The van der Waals surface area contributed by atoms with Crippen molar-refractivity contribution >= 4 is 33.3 Å². The van der Waals surface area contributed by atoms with Crippen LogP contribution in [0.1, 0.15) is 15.9 Å². The van der Waals surface area contributed by atoms with Crippen molar-refractivity contribution < 1.29 is 9.72 Å². The van der Waals surface area contributed by atoms with Crippen molar-refractivity contribution in [3.8, 4) is 0 Å². The molecule has 0 saturated heterocycles. The summed E-state index contributed by atoms with van der Waals surface area (Å²) in [4.78, 5) is 26.0. The summed E-state index contributed by atoms with van der Waals surface area (Å²) in [7, 11) is 0. The van der Waals surface area contributed by atoms with Gasteiger partial charge in [-0.05, 0) is 31.2 Å². The van der Waals surface area contributed by atoms with Crippen LogP contribution in [0.3, 0.4) is 0 Å². The summed E-state index contributed by atoms with van der Waals surface area (Å²) < 4.78 is 0.790. The fourth-order valence-electron chi connectivity index (χ4n) is 1.63. The van der Waals surface area contributed by atoms with Crippen molar-refractivity contribution in [1.29, 1.82) is 0 Å². The zero-order valence-electron chi connectivity index (χ0n) is 10.5. The van der Waals surface area contributed by atoms with E-state index in [-0.39, 0.29) is 17.4 Å². The average Bonchev–Trinajstić information content (AvgIpc) is 2.38. The van der Waals surface area contributed by atoms with Crippen LogP contribution in [-0.2, 0) is 0 Å². The highest BCUT2D eigenvalue weighted by atomic mass is 79.9. The maximum atomic E-state index is 12.0. The maximum absolute atomic E-state index is 12.0. The van der Waals surface area contributed by atoms with Crippen LogP contribution >= 0.6 is 15.9 Å². The molecule has 0 spiro atoms. The highest BCUT2D eigenvalue weighted by molar-refractivity contribution is 9.10. The van der Waals surface area contributed by atoms with Crippen molar-refractivity contribution in [1.82, 2.24) is 4.98 Å². The van der Waals surface area contributed by atoms with E-state index in [9.17, 15) is 14.9 Å². The lowest BCUT2D eigenvalue weighted by molar-refractivity contribution is -0.385. The minimum atomic E-state index is -0.512. The lowest BCUT2D eigenvalue weighted by Crippen LogP contribution is -2.13. The molecule has 2 aromatic rings. The number of aryl methyl sites for hydroxylation is 1. The van der Waals surface area contributed by atoms with Crippen molar-refractivity contribution in [3.05, 3.63) is 62.2 Å². The summed E-state index contributed by atoms with van der Waals surface area (Å²) in [5, 5.41) is 13.3. The number of hydrogen-bond acceptors (Lipinski definition) is 4. The molecule has 1 amide bonds. The molecule has 102 valence electrons. The largest absolute Gasteiger partial charge is 0.307 e. The van der Waals surface area contributed by atoms with Gasteiger partial charge in [-0.15, -0.1) is 0 Å². The molecule has 1 heterocycles. The summed E-state index contributed by atoms with van der Waals surface area (Å²) in [5.41, 5.74) is 0.831. The topological polar surface area (TPSA) is 85.1 Å². The van der Waals surface area contributed by atoms with Crippen molar-refractivity contribution in [2.45, 2.75) is 6.92 Å². The van der Waals surface area contributed by atoms with Gasteiger partial charge in [-0.1, -0.05) is 22.0 Å². The average molecular weight is 336 g/mol. The molecule has 0 aliphatic carbocycles.